The summed E-state index contributed by atoms with van der Waals surface area (Å²) in [7, 11) is 0. The molecule has 0 aromatic rings. The van der Waals surface area contributed by atoms with Crippen molar-refractivity contribution in [1.82, 2.24) is 5.32 Å². The van der Waals surface area contributed by atoms with E-state index >= 15 is 0 Å². The van der Waals surface area contributed by atoms with Gasteiger partial charge >= 0.3 is 0 Å². The molecule has 2 fully saturated rings. The number of ether oxygens (including phenoxy) is 4. The van der Waals surface area contributed by atoms with Gasteiger partial charge in [0, 0.05) is 6.42 Å². The fraction of sp³-hybridized carbons (Fsp3) is 0.870. The Kier molecular flexibility index (Phi) is 50.2. The number of carbonyl (C=O) groups is 1. The van der Waals surface area contributed by atoms with Crippen LogP contribution in [0.3, 0.4) is 0 Å². The Hall–Kier alpha value is -2.05. The molecule has 0 saturated carbocycles. The van der Waals surface area contributed by atoms with Gasteiger partial charge in [0.05, 0.1) is 32.0 Å². The Bertz CT molecular complexity index is 1580. The van der Waals surface area contributed by atoms with Gasteiger partial charge in [0.25, 0.3) is 0 Å². The highest BCUT2D eigenvalue weighted by atomic mass is 16.7. The molecule has 0 spiro atoms. The van der Waals surface area contributed by atoms with Crippen molar-refractivity contribution in [2.45, 2.75) is 364 Å². The van der Waals surface area contributed by atoms with Crippen molar-refractivity contribution in [1.29, 1.82) is 0 Å². The fourth-order valence-corrected chi connectivity index (χ4v) is 11.3. The zero-order chi connectivity index (χ0) is 60.2. The number of hydrogen-bond donors (Lipinski definition) is 9. The molecule has 2 aliphatic heterocycles. The molecule has 14 nitrogen and oxygen atoms in total. The molecule has 0 aromatic heterocycles. The van der Waals surface area contributed by atoms with Crippen LogP contribution in [0.15, 0.2) is 48.6 Å². The van der Waals surface area contributed by atoms with Crippen LogP contribution in [0.2, 0.25) is 0 Å². The van der Waals surface area contributed by atoms with Gasteiger partial charge in [-0.25, -0.2) is 0 Å². The van der Waals surface area contributed by atoms with E-state index in [1.807, 2.05) is 0 Å². The number of allylic oxidation sites excluding steroid dienone is 8. The summed E-state index contributed by atoms with van der Waals surface area (Å²) in [5.41, 5.74) is 0. The summed E-state index contributed by atoms with van der Waals surface area (Å²) in [6, 6.07) is -0.825. The number of aliphatic hydroxyl groups excluding tert-OH is 8. The van der Waals surface area contributed by atoms with Crippen LogP contribution in [0, 0.1) is 0 Å². The van der Waals surface area contributed by atoms with E-state index in [0.29, 0.717) is 12.8 Å². The highest BCUT2D eigenvalue weighted by Crippen LogP contribution is 2.30. The third-order valence-electron chi connectivity index (χ3n) is 16.8. The molecule has 2 saturated heterocycles. The van der Waals surface area contributed by atoms with E-state index < -0.39 is 86.8 Å². The number of rotatable bonds is 56. The standard InChI is InChI=1S/C69H127NO13/c1-3-5-7-9-11-13-15-16-17-18-19-20-21-22-23-24-25-26-27-28-29-30-31-32-33-34-35-36-37-38-39-40-41-42-43-45-47-49-51-53-61(74)70-57(58(73)52-50-48-46-44-14-12-10-8-6-4-2)56-80-68-66(79)64(77)67(60(55-72)82-68)83-69-65(78)63(76)62(75)59(54-71)81-69/h5,7,11,13,16-17,19-20,57-60,62-69,71-73,75-79H,3-4,6,8-10,12,14-15,18,21-56H2,1-2H3,(H,70,74)/b7-5-,13-11-,17-16-,20-19-. The number of amides is 1. The van der Waals surface area contributed by atoms with E-state index in [4.69, 9.17) is 18.9 Å². The average Bonchev–Trinajstić information content (AvgIpc) is 3.47. The Balaban J connectivity index is 1.51. The van der Waals surface area contributed by atoms with Crippen molar-refractivity contribution < 1.29 is 64.6 Å². The van der Waals surface area contributed by atoms with Gasteiger partial charge in [0.1, 0.15) is 48.8 Å². The van der Waals surface area contributed by atoms with E-state index in [2.05, 4.69) is 67.8 Å². The third-order valence-corrected chi connectivity index (χ3v) is 16.8. The second kappa shape index (κ2) is 54.1. The monoisotopic (exact) mass is 1180 g/mol. The van der Waals surface area contributed by atoms with E-state index in [0.717, 1.165) is 77.0 Å². The summed E-state index contributed by atoms with van der Waals surface area (Å²) < 4.78 is 22.8. The Morgan fingerprint density at radius 1 is 0.446 bits per heavy atom. The second-order valence-electron chi connectivity index (χ2n) is 24.3. The van der Waals surface area contributed by atoms with Crippen LogP contribution in [0.1, 0.15) is 290 Å². The van der Waals surface area contributed by atoms with Crippen LogP contribution in [-0.2, 0) is 23.7 Å². The molecular weight excluding hydrogens is 1050 g/mol. The van der Waals surface area contributed by atoms with Crippen LogP contribution in [-0.4, -0.2) is 140 Å². The van der Waals surface area contributed by atoms with E-state index in [-0.39, 0.29) is 12.5 Å². The summed E-state index contributed by atoms with van der Waals surface area (Å²) in [5, 5.41) is 87.2. The van der Waals surface area contributed by atoms with Crippen LogP contribution >= 0.6 is 0 Å². The van der Waals surface area contributed by atoms with Gasteiger partial charge in [-0.15, -0.1) is 0 Å². The number of carbonyl (C=O) groups excluding carboxylic acids is 1. The Morgan fingerprint density at radius 3 is 1.28 bits per heavy atom. The van der Waals surface area contributed by atoms with Gasteiger partial charge in [-0.3, -0.25) is 4.79 Å². The lowest BCUT2D eigenvalue weighted by molar-refractivity contribution is -0.359. The van der Waals surface area contributed by atoms with Gasteiger partial charge in [-0.1, -0.05) is 281 Å². The molecule has 486 valence electrons. The Morgan fingerprint density at radius 2 is 0.831 bits per heavy atom. The quantitative estimate of drug-likeness (QED) is 0.0204. The lowest BCUT2D eigenvalue weighted by atomic mass is 9.97. The van der Waals surface area contributed by atoms with Gasteiger partial charge in [-0.05, 0) is 51.4 Å². The summed E-state index contributed by atoms with van der Waals surface area (Å²) in [5.74, 6) is -0.204. The summed E-state index contributed by atoms with van der Waals surface area (Å²) >= 11 is 0. The number of nitrogens with one attached hydrogen (secondary N) is 1. The van der Waals surface area contributed by atoms with Gasteiger partial charge in [0.15, 0.2) is 12.6 Å². The van der Waals surface area contributed by atoms with E-state index in [9.17, 15) is 45.6 Å². The molecule has 0 bridgehead atoms. The highest BCUT2D eigenvalue weighted by molar-refractivity contribution is 5.76. The van der Waals surface area contributed by atoms with Gasteiger partial charge in [0.2, 0.25) is 5.91 Å². The first-order valence-electron chi connectivity index (χ1n) is 34.4. The lowest BCUT2D eigenvalue weighted by Crippen LogP contribution is -2.65. The van der Waals surface area contributed by atoms with Gasteiger partial charge < -0.3 is 65.1 Å². The van der Waals surface area contributed by atoms with E-state index in [1.165, 1.54) is 186 Å². The summed E-state index contributed by atoms with van der Waals surface area (Å²) in [6.07, 6.45) is 53.2. The first-order chi connectivity index (χ1) is 40.6. The van der Waals surface area contributed by atoms with Crippen molar-refractivity contribution in [2.24, 2.45) is 0 Å². The number of unbranched alkanes of at least 4 members (excludes halogenated alkanes) is 35. The maximum absolute atomic E-state index is 13.3. The fourth-order valence-electron chi connectivity index (χ4n) is 11.3. The predicted molar refractivity (Wildman–Crippen MR) is 337 cm³/mol. The minimum atomic E-state index is -1.78. The summed E-state index contributed by atoms with van der Waals surface area (Å²) in [4.78, 5) is 13.3. The molecule has 0 radical (unpaired) electrons. The Labute approximate surface area is 505 Å². The zero-order valence-electron chi connectivity index (χ0n) is 52.7. The molecule has 2 heterocycles. The number of aliphatic hydroxyl groups is 8. The molecule has 14 heteroatoms. The van der Waals surface area contributed by atoms with Crippen LogP contribution in [0.25, 0.3) is 0 Å². The molecule has 0 aromatic carbocycles. The average molecular weight is 1180 g/mol. The van der Waals surface area contributed by atoms with Crippen molar-refractivity contribution in [3.8, 4) is 0 Å². The molecule has 12 atom stereocenters. The molecule has 2 aliphatic rings. The molecule has 12 unspecified atom stereocenters. The zero-order valence-corrected chi connectivity index (χ0v) is 52.7. The second-order valence-corrected chi connectivity index (χ2v) is 24.3. The summed E-state index contributed by atoms with van der Waals surface area (Å²) in [6.45, 7) is 2.75. The molecular formula is C69H127NO13. The predicted octanol–water partition coefficient (Wildman–Crippen LogP) is 13.5. The smallest absolute Gasteiger partial charge is 0.220 e. The topological polar surface area (TPSA) is 228 Å². The van der Waals surface area contributed by atoms with Crippen molar-refractivity contribution >= 4 is 5.91 Å². The maximum atomic E-state index is 13.3. The molecule has 2 rings (SSSR count). The largest absolute Gasteiger partial charge is 0.394 e. The van der Waals surface area contributed by atoms with E-state index in [1.54, 1.807) is 0 Å². The van der Waals surface area contributed by atoms with Crippen molar-refractivity contribution in [3.63, 3.8) is 0 Å². The lowest BCUT2D eigenvalue weighted by Gasteiger charge is -2.46. The third kappa shape index (κ3) is 38.8. The van der Waals surface area contributed by atoms with Crippen LogP contribution in [0.5, 0.6) is 0 Å². The normalized spacial score (nSPS) is 24.1. The molecule has 9 N–H and O–H groups in total. The number of hydrogen-bond acceptors (Lipinski definition) is 13. The maximum Gasteiger partial charge on any atom is 0.220 e. The first-order valence-corrected chi connectivity index (χ1v) is 34.4. The SMILES string of the molecule is CC/C=C\C/C=C\C/C=C\C/C=C\CCCCCCCCCCCCCCCCCCCCCCCCCCCCC(=O)NC(COC1OC(CO)C(OC2OC(CO)C(O)C(O)C2O)C(O)C1O)C(O)CCCCCCCCCCCC. The van der Waals surface area contributed by atoms with Crippen molar-refractivity contribution in [3.05, 3.63) is 48.6 Å². The minimum absolute atomic E-state index is 0.204. The van der Waals surface area contributed by atoms with Crippen LogP contribution < -0.4 is 5.32 Å². The van der Waals surface area contributed by atoms with Crippen molar-refractivity contribution in [2.75, 3.05) is 19.8 Å². The first kappa shape index (κ1) is 77.0. The molecule has 1 amide bonds. The van der Waals surface area contributed by atoms with Gasteiger partial charge in [-0.2, -0.15) is 0 Å². The molecule has 83 heavy (non-hydrogen) atoms. The molecule has 0 aliphatic carbocycles. The minimum Gasteiger partial charge on any atom is -0.394 e. The highest BCUT2D eigenvalue weighted by Gasteiger charge is 2.51. The van der Waals surface area contributed by atoms with Crippen LogP contribution in [0.4, 0.5) is 0 Å².